The molecule has 0 fully saturated rings. The highest BCUT2D eigenvalue weighted by Crippen LogP contribution is 2.20. The Kier molecular flexibility index (Phi) is 5.49. The highest BCUT2D eigenvalue weighted by molar-refractivity contribution is 7.90. The molecule has 1 aromatic carbocycles. The lowest BCUT2D eigenvalue weighted by molar-refractivity contribution is 0.284. The van der Waals surface area contributed by atoms with Crippen molar-refractivity contribution in [3.8, 4) is 5.75 Å². The molecule has 0 aliphatic heterocycles. The van der Waals surface area contributed by atoms with Crippen LogP contribution in [0.4, 0.5) is 8.78 Å². The minimum Gasteiger partial charge on any atom is -0.486 e. The molecule has 0 aliphatic carbocycles. The van der Waals surface area contributed by atoms with E-state index in [1.807, 2.05) is 0 Å². The summed E-state index contributed by atoms with van der Waals surface area (Å²) in [7, 11) is -3.00. The van der Waals surface area contributed by atoms with E-state index in [1.165, 1.54) is 6.07 Å². The molecule has 102 valence electrons. The van der Waals surface area contributed by atoms with E-state index in [2.05, 4.69) is 5.32 Å². The van der Waals surface area contributed by atoms with Crippen LogP contribution in [0, 0.1) is 11.6 Å². The van der Waals surface area contributed by atoms with Crippen LogP contribution in [0.5, 0.6) is 5.75 Å². The van der Waals surface area contributed by atoms with E-state index in [9.17, 15) is 17.2 Å². The van der Waals surface area contributed by atoms with E-state index < -0.39 is 27.2 Å². The van der Waals surface area contributed by atoms with Crippen molar-refractivity contribution < 1.29 is 21.9 Å². The molecular formula is C11H15F2NO3S. The molecule has 1 aromatic rings. The summed E-state index contributed by atoms with van der Waals surface area (Å²) in [4.78, 5) is 0. The number of rotatable bonds is 7. The molecule has 0 atom stereocenters. The molecule has 7 heteroatoms. The second-order valence-corrected chi connectivity index (χ2v) is 6.04. The zero-order valence-corrected chi connectivity index (χ0v) is 10.8. The van der Waals surface area contributed by atoms with E-state index >= 15 is 0 Å². The third-order valence-corrected chi connectivity index (χ3v) is 3.04. The molecule has 4 nitrogen and oxygen atoms in total. The minimum absolute atomic E-state index is 0.0149. The Morgan fingerprint density at radius 1 is 1.22 bits per heavy atom. The molecule has 0 bridgehead atoms. The Hall–Kier alpha value is -1.21. The van der Waals surface area contributed by atoms with Gasteiger partial charge in [0.05, 0.1) is 5.75 Å². The second-order valence-electron chi connectivity index (χ2n) is 3.78. The van der Waals surface area contributed by atoms with Crippen molar-refractivity contribution in [2.75, 3.05) is 31.7 Å². The smallest absolute Gasteiger partial charge is 0.190 e. The first-order valence-electron chi connectivity index (χ1n) is 5.35. The average Bonchev–Trinajstić information content (AvgIpc) is 2.25. The lowest BCUT2D eigenvalue weighted by Crippen LogP contribution is -2.26. The maximum absolute atomic E-state index is 13.1. The summed E-state index contributed by atoms with van der Waals surface area (Å²) in [5.41, 5.74) is 0. The number of sulfone groups is 1. The number of para-hydroxylation sites is 1. The van der Waals surface area contributed by atoms with Gasteiger partial charge in [-0.15, -0.1) is 0 Å². The molecule has 0 heterocycles. The Morgan fingerprint density at radius 3 is 2.39 bits per heavy atom. The third kappa shape index (κ3) is 5.42. The van der Waals surface area contributed by atoms with Crippen molar-refractivity contribution in [1.82, 2.24) is 5.32 Å². The largest absolute Gasteiger partial charge is 0.486 e. The van der Waals surface area contributed by atoms with Crippen LogP contribution in [0.3, 0.4) is 0 Å². The Balaban J connectivity index is 2.26. The van der Waals surface area contributed by atoms with Crippen LogP contribution in [0.15, 0.2) is 18.2 Å². The normalized spacial score (nSPS) is 11.5. The maximum Gasteiger partial charge on any atom is 0.190 e. The molecule has 0 aromatic heterocycles. The molecule has 1 N–H and O–H groups in total. The van der Waals surface area contributed by atoms with Gasteiger partial charge in [-0.2, -0.15) is 0 Å². The average molecular weight is 279 g/mol. The SMILES string of the molecule is CS(=O)(=O)CCNCCOc1c(F)cccc1F. The summed E-state index contributed by atoms with van der Waals surface area (Å²) in [6.07, 6.45) is 1.14. The third-order valence-electron chi connectivity index (χ3n) is 2.09. The molecule has 0 spiro atoms. The van der Waals surface area contributed by atoms with Crippen molar-refractivity contribution in [2.45, 2.75) is 0 Å². The molecule has 0 saturated heterocycles. The summed E-state index contributed by atoms with van der Waals surface area (Å²) < 4.78 is 52.8. The van der Waals surface area contributed by atoms with Gasteiger partial charge in [-0.05, 0) is 12.1 Å². The van der Waals surface area contributed by atoms with Crippen LogP contribution < -0.4 is 10.1 Å². The summed E-state index contributed by atoms with van der Waals surface area (Å²) in [5, 5.41) is 2.80. The fraction of sp³-hybridized carbons (Fsp3) is 0.455. The van der Waals surface area contributed by atoms with Gasteiger partial charge in [0.1, 0.15) is 16.4 Å². The Morgan fingerprint density at radius 2 is 1.83 bits per heavy atom. The number of nitrogens with one attached hydrogen (secondary N) is 1. The number of benzene rings is 1. The van der Waals surface area contributed by atoms with Gasteiger partial charge in [-0.25, -0.2) is 17.2 Å². The molecule has 18 heavy (non-hydrogen) atoms. The van der Waals surface area contributed by atoms with E-state index in [0.29, 0.717) is 6.54 Å². The highest BCUT2D eigenvalue weighted by Gasteiger charge is 2.08. The molecule has 1 rings (SSSR count). The van der Waals surface area contributed by atoms with E-state index in [1.54, 1.807) is 0 Å². The quantitative estimate of drug-likeness (QED) is 0.756. The van der Waals surface area contributed by atoms with E-state index in [-0.39, 0.29) is 18.9 Å². The first-order valence-corrected chi connectivity index (χ1v) is 7.41. The summed E-state index contributed by atoms with van der Waals surface area (Å²) in [6, 6.07) is 3.47. The fourth-order valence-corrected chi connectivity index (χ4v) is 1.74. The van der Waals surface area contributed by atoms with Crippen LogP contribution in [-0.2, 0) is 9.84 Å². The van der Waals surface area contributed by atoms with Crippen LogP contribution >= 0.6 is 0 Å². The summed E-state index contributed by atoms with van der Waals surface area (Å²) in [6.45, 7) is 0.646. The maximum atomic E-state index is 13.1. The second kappa shape index (κ2) is 6.65. The van der Waals surface area contributed by atoms with Crippen LogP contribution in [0.25, 0.3) is 0 Å². The molecule has 0 radical (unpaired) electrons. The topological polar surface area (TPSA) is 55.4 Å². The standard InChI is InChI=1S/C11H15F2NO3S/c1-18(15,16)8-6-14-5-7-17-11-9(12)3-2-4-10(11)13/h2-4,14H,5-8H2,1H3. The number of hydrogen-bond donors (Lipinski definition) is 1. The van der Waals surface area contributed by atoms with Crippen molar-refractivity contribution in [1.29, 1.82) is 0 Å². The van der Waals surface area contributed by atoms with E-state index in [4.69, 9.17) is 4.74 Å². The van der Waals surface area contributed by atoms with Gasteiger partial charge in [0, 0.05) is 19.3 Å². The van der Waals surface area contributed by atoms with Gasteiger partial charge >= 0.3 is 0 Å². The summed E-state index contributed by atoms with van der Waals surface area (Å²) >= 11 is 0. The minimum atomic E-state index is -3.00. The predicted octanol–water partition coefficient (Wildman–Crippen LogP) is 0.978. The molecule has 0 amide bonds. The highest BCUT2D eigenvalue weighted by atomic mass is 32.2. The molecular weight excluding hydrogens is 264 g/mol. The monoisotopic (exact) mass is 279 g/mol. The van der Waals surface area contributed by atoms with Crippen molar-refractivity contribution in [3.05, 3.63) is 29.8 Å². The molecule has 0 saturated carbocycles. The van der Waals surface area contributed by atoms with Crippen molar-refractivity contribution in [3.63, 3.8) is 0 Å². The number of hydrogen-bond acceptors (Lipinski definition) is 4. The van der Waals surface area contributed by atoms with Gasteiger partial charge in [0.25, 0.3) is 0 Å². The molecule has 0 unspecified atom stereocenters. The van der Waals surface area contributed by atoms with Crippen LogP contribution in [0.2, 0.25) is 0 Å². The van der Waals surface area contributed by atoms with Gasteiger partial charge in [0.15, 0.2) is 17.4 Å². The fourth-order valence-electron chi connectivity index (χ4n) is 1.23. The number of ether oxygens (including phenoxy) is 1. The van der Waals surface area contributed by atoms with Crippen LogP contribution in [-0.4, -0.2) is 40.1 Å². The zero-order valence-electron chi connectivity index (χ0n) is 9.95. The molecule has 0 aliphatic rings. The first kappa shape index (κ1) is 14.8. The van der Waals surface area contributed by atoms with Gasteiger partial charge in [0.2, 0.25) is 0 Å². The van der Waals surface area contributed by atoms with Gasteiger partial charge < -0.3 is 10.1 Å². The predicted molar refractivity (Wildman–Crippen MR) is 64.4 cm³/mol. The Labute approximate surface area is 105 Å². The lowest BCUT2D eigenvalue weighted by atomic mass is 10.3. The lowest BCUT2D eigenvalue weighted by Gasteiger charge is -2.08. The zero-order chi connectivity index (χ0) is 13.6. The Bertz CT molecular complexity index is 471. The van der Waals surface area contributed by atoms with Gasteiger partial charge in [-0.3, -0.25) is 0 Å². The van der Waals surface area contributed by atoms with Gasteiger partial charge in [-0.1, -0.05) is 6.07 Å². The summed E-state index contributed by atoms with van der Waals surface area (Å²) in [5.74, 6) is -1.92. The van der Waals surface area contributed by atoms with Crippen LogP contribution in [0.1, 0.15) is 0 Å². The first-order chi connectivity index (χ1) is 8.40. The van der Waals surface area contributed by atoms with Crippen molar-refractivity contribution in [2.24, 2.45) is 0 Å². The number of halogens is 2. The van der Waals surface area contributed by atoms with Crippen molar-refractivity contribution >= 4 is 9.84 Å². The van der Waals surface area contributed by atoms with E-state index in [0.717, 1.165) is 18.4 Å².